The van der Waals surface area contributed by atoms with Gasteiger partial charge in [-0.15, -0.1) is 0 Å². The Morgan fingerprint density at radius 3 is 2.53 bits per heavy atom. The number of rotatable bonds is 2. The van der Waals surface area contributed by atoms with Crippen LogP contribution < -0.4 is 11.1 Å². The number of aryl methyl sites for hydroxylation is 2. The van der Waals surface area contributed by atoms with Gasteiger partial charge in [-0.3, -0.25) is 4.79 Å². The van der Waals surface area contributed by atoms with Gasteiger partial charge in [-0.25, -0.2) is 0 Å². The van der Waals surface area contributed by atoms with Gasteiger partial charge in [0, 0.05) is 15.7 Å². The summed E-state index contributed by atoms with van der Waals surface area (Å²) in [6.07, 6.45) is 0. The number of carbonyl (C=O) groups excluding carboxylic acids is 1. The highest BCUT2D eigenvalue weighted by atomic mass is 79.9. The van der Waals surface area contributed by atoms with E-state index in [1.807, 2.05) is 32.0 Å². The molecule has 0 spiro atoms. The highest BCUT2D eigenvalue weighted by Crippen LogP contribution is 2.24. The molecule has 0 heterocycles. The van der Waals surface area contributed by atoms with Crippen molar-refractivity contribution in [3.8, 4) is 0 Å². The van der Waals surface area contributed by atoms with Gasteiger partial charge >= 0.3 is 0 Å². The van der Waals surface area contributed by atoms with Gasteiger partial charge in [0.25, 0.3) is 5.91 Å². The Bertz CT molecular complexity index is 638. The number of hydrogen-bond acceptors (Lipinski definition) is 2. The molecule has 2 rings (SSSR count). The van der Waals surface area contributed by atoms with Gasteiger partial charge in [-0.05, 0) is 71.2 Å². The van der Waals surface area contributed by atoms with Crippen LogP contribution in [0.3, 0.4) is 0 Å². The van der Waals surface area contributed by atoms with Crippen LogP contribution >= 0.6 is 15.9 Å². The van der Waals surface area contributed by atoms with Crippen LogP contribution in [0.1, 0.15) is 21.5 Å². The Morgan fingerprint density at radius 1 is 1.16 bits per heavy atom. The lowest BCUT2D eigenvalue weighted by Crippen LogP contribution is -2.14. The van der Waals surface area contributed by atoms with Gasteiger partial charge in [0.1, 0.15) is 0 Å². The predicted octanol–water partition coefficient (Wildman–Crippen LogP) is 3.90. The largest absolute Gasteiger partial charge is 0.399 e. The number of amides is 1. The Hall–Kier alpha value is -1.81. The predicted molar refractivity (Wildman–Crippen MR) is 82.4 cm³/mol. The number of anilines is 2. The summed E-state index contributed by atoms with van der Waals surface area (Å²) in [5, 5.41) is 2.89. The standard InChI is InChI=1S/C15H15BrN2O/c1-9-3-6-14(13(16)7-9)18-15(19)12-5-4-11(17)8-10(12)2/h3-8H,17H2,1-2H3,(H,18,19). The summed E-state index contributed by atoms with van der Waals surface area (Å²) in [5.41, 5.74) is 9.72. The average molecular weight is 319 g/mol. The van der Waals surface area contributed by atoms with E-state index < -0.39 is 0 Å². The van der Waals surface area contributed by atoms with Crippen LogP contribution in [-0.2, 0) is 0 Å². The third-order valence-electron chi connectivity index (χ3n) is 2.87. The number of halogens is 1. The quantitative estimate of drug-likeness (QED) is 0.825. The minimum Gasteiger partial charge on any atom is -0.399 e. The molecular weight excluding hydrogens is 304 g/mol. The molecule has 0 aromatic heterocycles. The van der Waals surface area contributed by atoms with Gasteiger partial charge in [-0.2, -0.15) is 0 Å². The summed E-state index contributed by atoms with van der Waals surface area (Å²) in [7, 11) is 0. The summed E-state index contributed by atoms with van der Waals surface area (Å²) in [6, 6.07) is 11.1. The van der Waals surface area contributed by atoms with E-state index in [0.29, 0.717) is 11.3 Å². The van der Waals surface area contributed by atoms with E-state index in [9.17, 15) is 4.79 Å². The number of carbonyl (C=O) groups is 1. The van der Waals surface area contributed by atoms with Crippen molar-refractivity contribution in [2.24, 2.45) is 0 Å². The third kappa shape index (κ3) is 3.15. The van der Waals surface area contributed by atoms with E-state index in [1.165, 1.54) is 0 Å². The minimum absolute atomic E-state index is 0.137. The first-order valence-electron chi connectivity index (χ1n) is 5.91. The second-order valence-electron chi connectivity index (χ2n) is 4.51. The van der Waals surface area contributed by atoms with E-state index in [-0.39, 0.29) is 5.91 Å². The average Bonchev–Trinajstić information content (AvgIpc) is 2.32. The van der Waals surface area contributed by atoms with Crippen LogP contribution in [0.4, 0.5) is 11.4 Å². The smallest absolute Gasteiger partial charge is 0.255 e. The second-order valence-corrected chi connectivity index (χ2v) is 5.37. The summed E-state index contributed by atoms with van der Waals surface area (Å²) in [5.74, 6) is -0.137. The first-order chi connectivity index (χ1) is 8.97. The lowest BCUT2D eigenvalue weighted by atomic mass is 10.1. The molecule has 2 aromatic rings. The van der Waals surface area contributed by atoms with E-state index in [0.717, 1.165) is 21.3 Å². The molecule has 19 heavy (non-hydrogen) atoms. The fourth-order valence-electron chi connectivity index (χ4n) is 1.85. The number of nitrogens with two attached hydrogens (primary N) is 1. The topological polar surface area (TPSA) is 55.1 Å². The zero-order valence-corrected chi connectivity index (χ0v) is 12.4. The molecule has 0 saturated heterocycles. The molecule has 1 amide bonds. The minimum atomic E-state index is -0.137. The molecule has 0 atom stereocenters. The molecule has 0 aliphatic carbocycles. The SMILES string of the molecule is Cc1ccc(NC(=O)c2ccc(N)cc2C)c(Br)c1. The van der Waals surface area contributed by atoms with Crippen molar-refractivity contribution in [3.05, 3.63) is 57.6 Å². The third-order valence-corrected chi connectivity index (χ3v) is 3.52. The highest BCUT2D eigenvalue weighted by molar-refractivity contribution is 9.10. The lowest BCUT2D eigenvalue weighted by Gasteiger charge is -2.10. The first-order valence-corrected chi connectivity index (χ1v) is 6.70. The Balaban J connectivity index is 2.25. The fourth-order valence-corrected chi connectivity index (χ4v) is 2.45. The molecule has 0 unspecified atom stereocenters. The second kappa shape index (κ2) is 5.45. The number of benzene rings is 2. The van der Waals surface area contributed by atoms with Crippen molar-refractivity contribution in [2.45, 2.75) is 13.8 Å². The van der Waals surface area contributed by atoms with Crippen LogP contribution in [0.5, 0.6) is 0 Å². The van der Waals surface area contributed by atoms with E-state index in [4.69, 9.17) is 5.73 Å². The van der Waals surface area contributed by atoms with Crippen molar-refractivity contribution >= 4 is 33.2 Å². The van der Waals surface area contributed by atoms with Gasteiger partial charge < -0.3 is 11.1 Å². The maximum absolute atomic E-state index is 12.2. The maximum Gasteiger partial charge on any atom is 0.255 e. The van der Waals surface area contributed by atoms with Crippen molar-refractivity contribution in [3.63, 3.8) is 0 Å². The van der Waals surface area contributed by atoms with Crippen molar-refractivity contribution in [1.82, 2.24) is 0 Å². The Kier molecular flexibility index (Phi) is 3.90. The van der Waals surface area contributed by atoms with Crippen LogP contribution in [-0.4, -0.2) is 5.91 Å². The van der Waals surface area contributed by atoms with Crippen molar-refractivity contribution < 1.29 is 4.79 Å². The number of hydrogen-bond donors (Lipinski definition) is 2. The summed E-state index contributed by atoms with van der Waals surface area (Å²) in [4.78, 5) is 12.2. The molecule has 3 N–H and O–H groups in total. The molecule has 98 valence electrons. The highest BCUT2D eigenvalue weighted by Gasteiger charge is 2.11. The van der Waals surface area contributed by atoms with Crippen LogP contribution in [0.2, 0.25) is 0 Å². The molecule has 0 bridgehead atoms. The summed E-state index contributed by atoms with van der Waals surface area (Å²) < 4.78 is 0.869. The number of nitrogen functional groups attached to an aromatic ring is 1. The maximum atomic E-state index is 12.2. The molecule has 4 heteroatoms. The molecule has 0 fully saturated rings. The summed E-state index contributed by atoms with van der Waals surface area (Å²) in [6.45, 7) is 3.87. The molecular formula is C15H15BrN2O. The molecule has 0 aliphatic rings. The summed E-state index contributed by atoms with van der Waals surface area (Å²) >= 11 is 3.44. The van der Waals surface area contributed by atoms with E-state index in [1.54, 1.807) is 18.2 Å². The molecule has 0 aliphatic heterocycles. The fraction of sp³-hybridized carbons (Fsp3) is 0.133. The van der Waals surface area contributed by atoms with Gasteiger partial charge in [0.2, 0.25) is 0 Å². The molecule has 2 aromatic carbocycles. The first kappa shape index (κ1) is 13.6. The van der Waals surface area contributed by atoms with E-state index in [2.05, 4.69) is 21.2 Å². The van der Waals surface area contributed by atoms with Crippen molar-refractivity contribution in [1.29, 1.82) is 0 Å². The van der Waals surface area contributed by atoms with Gasteiger partial charge in [0.05, 0.1) is 5.69 Å². The van der Waals surface area contributed by atoms with E-state index >= 15 is 0 Å². The number of nitrogens with one attached hydrogen (secondary N) is 1. The molecule has 3 nitrogen and oxygen atoms in total. The van der Waals surface area contributed by atoms with Crippen LogP contribution in [0, 0.1) is 13.8 Å². The van der Waals surface area contributed by atoms with Crippen molar-refractivity contribution in [2.75, 3.05) is 11.1 Å². The molecule has 0 saturated carbocycles. The van der Waals surface area contributed by atoms with Gasteiger partial charge in [-0.1, -0.05) is 6.07 Å². The zero-order chi connectivity index (χ0) is 14.0. The van der Waals surface area contributed by atoms with Crippen LogP contribution in [0.15, 0.2) is 40.9 Å². The monoisotopic (exact) mass is 318 g/mol. The molecule has 0 radical (unpaired) electrons. The Morgan fingerprint density at radius 2 is 1.89 bits per heavy atom. The Labute approximate surface area is 121 Å². The van der Waals surface area contributed by atoms with Gasteiger partial charge in [0.15, 0.2) is 0 Å². The lowest BCUT2D eigenvalue weighted by molar-refractivity contribution is 0.102. The van der Waals surface area contributed by atoms with Crippen LogP contribution in [0.25, 0.3) is 0 Å². The normalized spacial score (nSPS) is 10.3. The zero-order valence-electron chi connectivity index (χ0n) is 10.8.